The fourth-order valence-electron chi connectivity index (χ4n) is 1.64. The molecule has 0 saturated carbocycles. The first-order chi connectivity index (χ1) is 10.3. The van der Waals surface area contributed by atoms with Crippen LogP contribution in [0.3, 0.4) is 0 Å². The van der Waals surface area contributed by atoms with Gasteiger partial charge in [-0.05, 0) is 37.8 Å². The lowest BCUT2D eigenvalue weighted by Gasteiger charge is -2.04. The standard InChI is InChI=1S/C17H17N3O/c1-3-15(17-9-5-7-11-19-17)12-20-14(2)21-13-16-8-4-6-10-18-16/h3-12H,2,13H2,1H3/b15-3+,20-12-. The zero-order valence-electron chi connectivity index (χ0n) is 11.9. The molecule has 2 rings (SSSR count). The molecule has 2 aromatic rings. The summed E-state index contributed by atoms with van der Waals surface area (Å²) in [6.45, 7) is 6.07. The van der Waals surface area contributed by atoms with E-state index in [1.165, 1.54) is 0 Å². The third-order valence-electron chi connectivity index (χ3n) is 2.73. The van der Waals surface area contributed by atoms with E-state index in [2.05, 4.69) is 21.5 Å². The van der Waals surface area contributed by atoms with Crippen LogP contribution in [0.4, 0.5) is 0 Å². The van der Waals surface area contributed by atoms with Crippen LogP contribution >= 0.6 is 0 Å². The Balaban J connectivity index is 1.92. The van der Waals surface area contributed by atoms with Crippen molar-refractivity contribution in [3.05, 3.63) is 78.7 Å². The predicted octanol–water partition coefficient (Wildman–Crippen LogP) is 3.64. The molecule has 21 heavy (non-hydrogen) atoms. The van der Waals surface area contributed by atoms with Crippen molar-refractivity contribution in [2.45, 2.75) is 13.5 Å². The number of pyridine rings is 2. The predicted molar refractivity (Wildman–Crippen MR) is 84.5 cm³/mol. The van der Waals surface area contributed by atoms with E-state index in [9.17, 15) is 0 Å². The molecule has 2 heterocycles. The largest absolute Gasteiger partial charge is 0.472 e. The number of ether oxygens (including phenoxy) is 1. The maximum Gasteiger partial charge on any atom is 0.206 e. The maximum atomic E-state index is 5.46. The summed E-state index contributed by atoms with van der Waals surface area (Å²) >= 11 is 0. The smallest absolute Gasteiger partial charge is 0.206 e. The summed E-state index contributed by atoms with van der Waals surface area (Å²) in [5.74, 6) is 0.343. The van der Waals surface area contributed by atoms with Crippen LogP contribution in [-0.2, 0) is 11.3 Å². The molecule has 0 aliphatic heterocycles. The van der Waals surface area contributed by atoms with E-state index in [4.69, 9.17) is 4.74 Å². The lowest BCUT2D eigenvalue weighted by atomic mass is 10.2. The Morgan fingerprint density at radius 3 is 2.57 bits per heavy atom. The second-order valence-corrected chi connectivity index (χ2v) is 4.22. The SMILES string of the molecule is C=C(/N=C\C(=C/C)c1ccccn1)OCc1ccccn1. The third kappa shape index (κ3) is 4.69. The summed E-state index contributed by atoms with van der Waals surface area (Å²) in [5.41, 5.74) is 2.62. The number of nitrogens with zero attached hydrogens (tertiary/aromatic N) is 3. The van der Waals surface area contributed by atoms with Crippen molar-refractivity contribution >= 4 is 11.8 Å². The van der Waals surface area contributed by atoms with Gasteiger partial charge >= 0.3 is 0 Å². The van der Waals surface area contributed by atoms with Crippen molar-refractivity contribution in [1.29, 1.82) is 0 Å². The topological polar surface area (TPSA) is 47.4 Å². The normalized spacial score (nSPS) is 11.6. The van der Waals surface area contributed by atoms with Crippen LogP contribution in [0.2, 0.25) is 0 Å². The zero-order valence-corrected chi connectivity index (χ0v) is 11.9. The molecule has 106 valence electrons. The Kier molecular flexibility index (Phi) is 5.41. The average molecular weight is 279 g/mol. The molecule has 0 unspecified atom stereocenters. The second-order valence-electron chi connectivity index (χ2n) is 4.22. The minimum absolute atomic E-state index is 0.343. The van der Waals surface area contributed by atoms with Crippen LogP contribution in [0.5, 0.6) is 0 Å². The van der Waals surface area contributed by atoms with E-state index in [0.29, 0.717) is 12.5 Å². The van der Waals surface area contributed by atoms with E-state index in [0.717, 1.165) is 17.0 Å². The first kappa shape index (κ1) is 14.7. The van der Waals surface area contributed by atoms with E-state index >= 15 is 0 Å². The molecule has 0 saturated heterocycles. The highest BCUT2D eigenvalue weighted by Crippen LogP contribution is 2.10. The highest BCUT2D eigenvalue weighted by Gasteiger charge is 1.99. The van der Waals surface area contributed by atoms with Crippen molar-refractivity contribution in [2.75, 3.05) is 0 Å². The van der Waals surface area contributed by atoms with Crippen LogP contribution in [0.15, 0.2) is 72.3 Å². The quantitative estimate of drug-likeness (QED) is 0.599. The van der Waals surface area contributed by atoms with Gasteiger partial charge in [0.25, 0.3) is 0 Å². The fourth-order valence-corrected chi connectivity index (χ4v) is 1.64. The molecule has 0 N–H and O–H groups in total. The summed E-state index contributed by atoms with van der Waals surface area (Å²) in [4.78, 5) is 12.7. The molecular weight excluding hydrogens is 262 g/mol. The molecule has 0 aliphatic carbocycles. The summed E-state index contributed by atoms with van der Waals surface area (Å²) in [6, 6.07) is 11.4. The van der Waals surface area contributed by atoms with Gasteiger partial charge in [-0.25, -0.2) is 4.99 Å². The Hall–Kier alpha value is -2.75. The van der Waals surface area contributed by atoms with Gasteiger partial charge in [0.1, 0.15) is 6.61 Å². The molecule has 0 bridgehead atoms. The minimum Gasteiger partial charge on any atom is -0.472 e. The van der Waals surface area contributed by atoms with Crippen LogP contribution < -0.4 is 0 Å². The van der Waals surface area contributed by atoms with Gasteiger partial charge in [-0.2, -0.15) is 0 Å². The number of hydrogen-bond donors (Lipinski definition) is 0. The van der Waals surface area contributed by atoms with Crippen LogP contribution in [0, 0.1) is 0 Å². The van der Waals surface area contributed by atoms with E-state index in [-0.39, 0.29) is 0 Å². The Labute approximate surface area is 124 Å². The van der Waals surface area contributed by atoms with Crippen molar-refractivity contribution < 1.29 is 4.74 Å². The molecule has 0 spiro atoms. The highest BCUT2D eigenvalue weighted by molar-refractivity contribution is 6.09. The molecule has 0 amide bonds. The molecule has 2 aromatic heterocycles. The molecule has 0 radical (unpaired) electrons. The number of hydrogen-bond acceptors (Lipinski definition) is 4. The van der Waals surface area contributed by atoms with Crippen LogP contribution in [0.25, 0.3) is 5.57 Å². The summed E-state index contributed by atoms with van der Waals surface area (Å²) < 4.78 is 5.46. The molecule has 4 heteroatoms. The zero-order chi connectivity index (χ0) is 14.9. The highest BCUT2D eigenvalue weighted by atomic mass is 16.5. The van der Waals surface area contributed by atoms with Crippen molar-refractivity contribution in [3.63, 3.8) is 0 Å². The van der Waals surface area contributed by atoms with Gasteiger partial charge in [-0.15, -0.1) is 0 Å². The van der Waals surface area contributed by atoms with Gasteiger partial charge < -0.3 is 4.74 Å². The van der Waals surface area contributed by atoms with Gasteiger partial charge in [0.2, 0.25) is 5.88 Å². The molecule has 4 nitrogen and oxygen atoms in total. The van der Waals surface area contributed by atoms with E-state index in [1.807, 2.05) is 49.4 Å². The van der Waals surface area contributed by atoms with Gasteiger partial charge in [-0.1, -0.05) is 18.2 Å². The second kappa shape index (κ2) is 7.75. The molecule has 0 aliphatic rings. The van der Waals surface area contributed by atoms with Gasteiger partial charge in [0.05, 0.1) is 11.4 Å². The monoisotopic (exact) mass is 279 g/mol. The van der Waals surface area contributed by atoms with Crippen LogP contribution in [0.1, 0.15) is 18.3 Å². The Morgan fingerprint density at radius 1 is 1.19 bits per heavy atom. The van der Waals surface area contributed by atoms with Crippen molar-refractivity contribution in [1.82, 2.24) is 9.97 Å². The number of allylic oxidation sites excluding steroid dienone is 2. The molecule has 0 atom stereocenters. The maximum absolute atomic E-state index is 5.46. The molecule has 0 aromatic carbocycles. The van der Waals surface area contributed by atoms with Crippen molar-refractivity contribution in [3.8, 4) is 0 Å². The first-order valence-electron chi connectivity index (χ1n) is 6.63. The lowest BCUT2D eigenvalue weighted by Crippen LogP contribution is -1.95. The Bertz CT molecular complexity index is 634. The third-order valence-corrected chi connectivity index (χ3v) is 2.73. The number of aromatic nitrogens is 2. The lowest BCUT2D eigenvalue weighted by molar-refractivity contribution is 0.195. The molecular formula is C17H17N3O. The van der Waals surface area contributed by atoms with Crippen LogP contribution in [-0.4, -0.2) is 16.2 Å². The number of rotatable bonds is 6. The van der Waals surface area contributed by atoms with Gasteiger partial charge in [-0.3, -0.25) is 9.97 Å². The minimum atomic E-state index is 0.343. The summed E-state index contributed by atoms with van der Waals surface area (Å²) in [7, 11) is 0. The summed E-state index contributed by atoms with van der Waals surface area (Å²) in [6.07, 6.45) is 7.11. The van der Waals surface area contributed by atoms with E-state index < -0.39 is 0 Å². The van der Waals surface area contributed by atoms with Gasteiger partial charge in [0, 0.05) is 24.2 Å². The molecule has 0 fully saturated rings. The Morgan fingerprint density at radius 2 is 1.95 bits per heavy atom. The van der Waals surface area contributed by atoms with E-state index in [1.54, 1.807) is 18.6 Å². The van der Waals surface area contributed by atoms with Gasteiger partial charge in [0.15, 0.2) is 0 Å². The fraction of sp³-hybridized carbons (Fsp3) is 0.118. The number of aliphatic imine (C=N–C) groups is 1. The summed E-state index contributed by atoms with van der Waals surface area (Å²) in [5, 5.41) is 0. The first-order valence-corrected chi connectivity index (χ1v) is 6.63. The average Bonchev–Trinajstić information content (AvgIpc) is 2.55. The van der Waals surface area contributed by atoms with Crippen molar-refractivity contribution in [2.24, 2.45) is 4.99 Å².